The van der Waals surface area contributed by atoms with Crippen molar-refractivity contribution >= 4 is 11.7 Å². The van der Waals surface area contributed by atoms with Gasteiger partial charge in [-0.3, -0.25) is 4.79 Å². The van der Waals surface area contributed by atoms with E-state index in [4.69, 9.17) is 15.7 Å². The molecule has 1 aromatic carbocycles. The van der Waals surface area contributed by atoms with E-state index in [1.165, 1.54) is 0 Å². The van der Waals surface area contributed by atoms with Gasteiger partial charge < -0.3 is 21.0 Å². The summed E-state index contributed by atoms with van der Waals surface area (Å²) < 4.78 is 5.37. The average molecular weight is 277 g/mol. The first-order valence-electron chi connectivity index (χ1n) is 6.64. The Morgan fingerprint density at radius 2 is 2.10 bits per heavy atom. The fourth-order valence-electron chi connectivity index (χ4n) is 2.16. The lowest BCUT2D eigenvalue weighted by atomic mass is 10.0. The molecular weight excluding hydrogens is 258 g/mol. The molecule has 0 saturated carbocycles. The summed E-state index contributed by atoms with van der Waals surface area (Å²) >= 11 is 0. The molecule has 1 fully saturated rings. The quantitative estimate of drug-likeness (QED) is 0.330. The zero-order valence-corrected chi connectivity index (χ0v) is 11.2. The number of carbonyl (C=O) groups is 1. The van der Waals surface area contributed by atoms with Crippen molar-refractivity contribution in [2.24, 2.45) is 16.8 Å². The summed E-state index contributed by atoms with van der Waals surface area (Å²) in [6, 6.07) is 6.60. The Morgan fingerprint density at radius 3 is 2.70 bits per heavy atom. The number of amides is 1. The van der Waals surface area contributed by atoms with Gasteiger partial charge in [0, 0.05) is 24.3 Å². The van der Waals surface area contributed by atoms with Crippen LogP contribution >= 0.6 is 0 Å². The standard InChI is InChI=1S/C14H19N3O3/c15-13(17-19)11-3-5-12(6-4-11)14(18)16-8-10-2-1-7-20-9-10/h3-6,10,19H,1-2,7-9H2,(H2,15,17)(H,16,18). The molecule has 0 aliphatic carbocycles. The summed E-state index contributed by atoms with van der Waals surface area (Å²) in [5.74, 6) is 0.294. The van der Waals surface area contributed by atoms with Crippen molar-refractivity contribution < 1.29 is 14.7 Å². The fraction of sp³-hybridized carbons (Fsp3) is 0.429. The molecule has 1 aliphatic rings. The van der Waals surface area contributed by atoms with Crippen LogP contribution < -0.4 is 11.1 Å². The predicted molar refractivity (Wildman–Crippen MR) is 74.8 cm³/mol. The Hall–Kier alpha value is -2.08. The molecule has 2 rings (SSSR count). The summed E-state index contributed by atoms with van der Waals surface area (Å²) in [5.41, 5.74) is 6.59. The summed E-state index contributed by atoms with van der Waals surface area (Å²) in [7, 11) is 0. The predicted octanol–water partition coefficient (Wildman–Crippen LogP) is 0.937. The monoisotopic (exact) mass is 277 g/mol. The first-order chi connectivity index (χ1) is 9.70. The molecule has 1 heterocycles. The van der Waals surface area contributed by atoms with Crippen LogP contribution in [0.5, 0.6) is 0 Å². The van der Waals surface area contributed by atoms with Crippen LogP contribution in [-0.4, -0.2) is 36.7 Å². The molecule has 1 saturated heterocycles. The highest BCUT2D eigenvalue weighted by atomic mass is 16.5. The molecule has 0 aromatic heterocycles. The van der Waals surface area contributed by atoms with Crippen LogP contribution in [0.4, 0.5) is 0 Å². The van der Waals surface area contributed by atoms with Gasteiger partial charge >= 0.3 is 0 Å². The molecule has 0 radical (unpaired) electrons. The second-order valence-electron chi connectivity index (χ2n) is 4.86. The zero-order valence-electron chi connectivity index (χ0n) is 11.2. The lowest BCUT2D eigenvalue weighted by Gasteiger charge is -2.22. The molecule has 1 aliphatic heterocycles. The van der Waals surface area contributed by atoms with Crippen LogP contribution in [0, 0.1) is 5.92 Å². The van der Waals surface area contributed by atoms with Gasteiger partial charge in [-0.2, -0.15) is 0 Å². The third-order valence-corrected chi connectivity index (χ3v) is 3.36. The normalized spacial score (nSPS) is 19.6. The second-order valence-corrected chi connectivity index (χ2v) is 4.86. The van der Waals surface area contributed by atoms with E-state index in [0.717, 1.165) is 19.4 Å². The van der Waals surface area contributed by atoms with Crippen molar-refractivity contribution in [3.8, 4) is 0 Å². The molecule has 0 bridgehead atoms. The van der Waals surface area contributed by atoms with E-state index in [0.29, 0.717) is 30.2 Å². The van der Waals surface area contributed by atoms with Gasteiger partial charge in [0.05, 0.1) is 6.61 Å². The topological polar surface area (TPSA) is 96.9 Å². The van der Waals surface area contributed by atoms with E-state index < -0.39 is 0 Å². The lowest BCUT2D eigenvalue weighted by molar-refractivity contribution is 0.0536. The number of nitrogens with one attached hydrogen (secondary N) is 1. The van der Waals surface area contributed by atoms with E-state index in [2.05, 4.69) is 10.5 Å². The Kier molecular flexibility index (Phi) is 4.95. The molecule has 108 valence electrons. The summed E-state index contributed by atoms with van der Waals surface area (Å²) in [4.78, 5) is 12.0. The van der Waals surface area contributed by atoms with Gasteiger partial charge in [-0.25, -0.2) is 0 Å². The van der Waals surface area contributed by atoms with E-state index >= 15 is 0 Å². The Bertz CT molecular complexity index is 479. The van der Waals surface area contributed by atoms with Crippen LogP contribution in [-0.2, 0) is 4.74 Å². The SMILES string of the molecule is NC(=NO)c1ccc(C(=O)NCC2CCCOC2)cc1. The first kappa shape index (κ1) is 14.3. The molecule has 1 atom stereocenters. The summed E-state index contributed by atoms with van der Waals surface area (Å²) in [6.07, 6.45) is 2.14. The van der Waals surface area contributed by atoms with E-state index in [-0.39, 0.29) is 11.7 Å². The second kappa shape index (κ2) is 6.91. The molecule has 20 heavy (non-hydrogen) atoms. The minimum Gasteiger partial charge on any atom is -0.409 e. The van der Waals surface area contributed by atoms with Gasteiger partial charge in [-0.15, -0.1) is 0 Å². The van der Waals surface area contributed by atoms with Crippen molar-refractivity contribution in [2.45, 2.75) is 12.8 Å². The van der Waals surface area contributed by atoms with E-state index in [1.807, 2.05) is 0 Å². The first-order valence-corrected chi connectivity index (χ1v) is 6.64. The van der Waals surface area contributed by atoms with Crippen LogP contribution in [0.25, 0.3) is 0 Å². The summed E-state index contributed by atoms with van der Waals surface area (Å²) in [6.45, 7) is 2.16. The number of nitrogens with zero attached hydrogens (tertiary/aromatic N) is 1. The van der Waals surface area contributed by atoms with Crippen molar-refractivity contribution in [1.82, 2.24) is 5.32 Å². The number of hydrogen-bond acceptors (Lipinski definition) is 4. The van der Waals surface area contributed by atoms with E-state index in [9.17, 15) is 4.79 Å². The van der Waals surface area contributed by atoms with Crippen molar-refractivity contribution in [3.63, 3.8) is 0 Å². The maximum Gasteiger partial charge on any atom is 0.251 e. The highest BCUT2D eigenvalue weighted by molar-refractivity contribution is 5.99. The fourth-order valence-corrected chi connectivity index (χ4v) is 2.16. The molecular formula is C14H19N3O3. The molecule has 1 aromatic rings. The van der Waals surface area contributed by atoms with Gasteiger partial charge in [-0.1, -0.05) is 17.3 Å². The third kappa shape index (κ3) is 3.71. The maximum atomic E-state index is 12.0. The van der Waals surface area contributed by atoms with Crippen LogP contribution in [0.3, 0.4) is 0 Å². The maximum absolute atomic E-state index is 12.0. The van der Waals surface area contributed by atoms with Gasteiger partial charge in [0.15, 0.2) is 5.84 Å². The Morgan fingerprint density at radius 1 is 1.40 bits per heavy atom. The smallest absolute Gasteiger partial charge is 0.251 e. The number of carbonyl (C=O) groups excluding carboxylic acids is 1. The molecule has 6 heteroatoms. The molecule has 1 amide bonds. The van der Waals surface area contributed by atoms with Gasteiger partial charge in [0.2, 0.25) is 0 Å². The number of hydrogen-bond donors (Lipinski definition) is 3. The summed E-state index contributed by atoms with van der Waals surface area (Å²) in [5, 5.41) is 14.4. The number of ether oxygens (including phenoxy) is 1. The van der Waals surface area contributed by atoms with Crippen molar-refractivity contribution in [2.75, 3.05) is 19.8 Å². The third-order valence-electron chi connectivity index (χ3n) is 3.36. The van der Waals surface area contributed by atoms with Crippen LogP contribution in [0.15, 0.2) is 29.4 Å². The molecule has 0 spiro atoms. The Labute approximate surface area is 117 Å². The number of benzene rings is 1. The number of amidine groups is 1. The average Bonchev–Trinajstić information content (AvgIpc) is 2.53. The van der Waals surface area contributed by atoms with Gasteiger partial charge in [0.25, 0.3) is 5.91 Å². The Balaban J connectivity index is 1.88. The molecule has 1 unspecified atom stereocenters. The molecule has 4 N–H and O–H groups in total. The van der Waals surface area contributed by atoms with Crippen LogP contribution in [0.2, 0.25) is 0 Å². The highest BCUT2D eigenvalue weighted by Gasteiger charge is 2.15. The largest absolute Gasteiger partial charge is 0.409 e. The zero-order chi connectivity index (χ0) is 14.4. The number of nitrogens with two attached hydrogens (primary N) is 1. The highest BCUT2D eigenvalue weighted by Crippen LogP contribution is 2.12. The van der Waals surface area contributed by atoms with Gasteiger partial charge in [-0.05, 0) is 30.9 Å². The number of oxime groups is 1. The minimum atomic E-state index is -0.123. The van der Waals surface area contributed by atoms with Crippen molar-refractivity contribution in [1.29, 1.82) is 0 Å². The minimum absolute atomic E-state index is 0.0244. The molecule has 6 nitrogen and oxygen atoms in total. The lowest BCUT2D eigenvalue weighted by Crippen LogP contribution is -2.33. The van der Waals surface area contributed by atoms with Gasteiger partial charge in [0.1, 0.15) is 0 Å². The van der Waals surface area contributed by atoms with Crippen LogP contribution in [0.1, 0.15) is 28.8 Å². The van der Waals surface area contributed by atoms with E-state index in [1.54, 1.807) is 24.3 Å². The number of rotatable bonds is 4. The van der Waals surface area contributed by atoms with Crippen molar-refractivity contribution in [3.05, 3.63) is 35.4 Å².